The van der Waals surface area contributed by atoms with Gasteiger partial charge in [0.25, 0.3) is 0 Å². The molecule has 0 N–H and O–H groups in total. The van der Waals surface area contributed by atoms with Crippen molar-refractivity contribution in [3.63, 3.8) is 0 Å². The van der Waals surface area contributed by atoms with Crippen LogP contribution in [0.3, 0.4) is 0 Å². The molecule has 0 aliphatic heterocycles. The van der Waals surface area contributed by atoms with E-state index in [4.69, 9.17) is 14.2 Å². The van der Waals surface area contributed by atoms with Gasteiger partial charge in [0.2, 0.25) is 5.75 Å². The first-order chi connectivity index (χ1) is 9.07. The van der Waals surface area contributed by atoms with Crippen molar-refractivity contribution < 1.29 is 28.5 Å². The molecule has 19 heavy (non-hydrogen) atoms. The minimum atomic E-state index is -0.834. The SMILES string of the molecule is C=CC(=O)OC(=O)c1cc(OC)c(OC)c(OC)c1. The fraction of sp³-hybridized carbons (Fsp3) is 0.231. The Hall–Kier alpha value is -2.50. The van der Waals surface area contributed by atoms with Gasteiger partial charge in [0.15, 0.2) is 11.5 Å². The number of hydrogen-bond acceptors (Lipinski definition) is 6. The van der Waals surface area contributed by atoms with Gasteiger partial charge in [0.1, 0.15) is 0 Å². The smallest absolute Gasteiger partial charge is 0.346 e. The van der Waals surface area contributed by atoms with Crippen LogP contribution in [0.15, 0.2) is 24.8 Å². The molecular weight excluding hydrogens is 252 g/mol. The summed E-state index contributed by atoms with van der Waals surface area (Å²) in [6.45, 7) is 3.21. The second-order valence-electron chi connectivity index (χ2n) is 3.33. The third kappa shape index (κ3) is 3.25. The quantitative estimate of drug-likeness (QED) is 0.458. The van der Waals surface area contributed by atoms with Crippen molar-refractivity contribution in [1.82, 2.24) is 0 Å². The molecule has 0 radical (unpaired) electrons. The van der Waals surface area contributed by atoms with Crippen LogP contribution in [0, 0.1) is 0 Å². The van der Waals surface area contributed by atoms with E-state index in [2.05, 4.69) is 11.3 Å². The Kier molecular flexibility index (Phi) is 4.93. The molecule has 6 heteroatoms. The van der Waals surface area contributed by atoms with Gasteiger partial charge in [-0.3, -0.25) is 0 Å². The maximum absolute atomic E-state index is 11.7. The van der Waals surface area contributed by atoms with Gasteiger partial charge in [-0.05, 0) is 12.1 Å². The minimum absolute atomic E-state index is 0.102. The predicted octanol–water partition coefficient (Wildman–Crippen LogP) is 1.58. The van der Waals surface area contributed by atoms with Gasteiger partial charge in [-0.15, -0.1) is 0 Å². The van der Waals surface area contributed by atoms with Gasteiger partial charge < -0.3 is 18.9 Å². The predicted molar refractivity (Wildman–Crippen MR) is 66.7 cm³/mol. The fourth-order valence-corrected chi connectivity index (χ4v) is 1.39. The molecule has 0 spiro atoms. The third-order valence-corrected chi connectivity index (χ3v) is 2.26. The zero-order chi connectivity index (χ0) is 14.4. The van der Waals surface area contributed by atoms with Crippen molar-refractivity contribution in [2.24, 2.45) is 0 Å². The Morgan fingerprint density at radius 2 is 1.58 bits per heavy atom. The minimum Gasteiger partial charge on any atom is -0.493 e. The Morgan fingerprint density at radius 1 is 1.05 bits per heavy atom. The number of hydrogen-bond donors (Lipinski definition) is 0. The lowest BCUT2D eigenvalue weighted by Gasteiger charge is -2.13. The van der Waals surface area contributed by atoms with Gasteiger partial charge in [0.05, 0.1) is 26.9 Å². The Morgan fingerprint density at radius 3 is 1.95 bits per heavy atom. The first-order valence-corrected chi connectivity index (χ1v) is 5.26. The fourth-order valence-electron chi connectivity index (χ4n) is 1.39. The van der Waals surface area contributed by atoms with Crippen LogP contribution in [0.2, 0.25) is 0 Å². The summed E-state index contributed by atoms with van der Waals surface area (Å²) in [6, 6.07) is 2.78. The maximum atomic E-state index is 11.7. The zero-order valence-electron chi connectivity index (χ0n) is 10.9. The highest BCUT2D eigenvalue weighted by molar-refractivity contribution is 6.00. The molecule has 0 saturated carbocycles. The van der Waals surface area contributed by atoms with Crippen LogP contribution in [0.25, 0.3) is 0 Å². The molecule has 0 amide bonds. The monoisotopic (exact) mass is 266 g/mol. The highest BCUT2D eigenvalue weighted by Crippen LogP contribution is 2.38. The summed E-state index contributed by atoms with van der Waals surface area (Å²) in [7, 11) is 4.28. The van der Waals surface area contributed by atoms with E-state index in [0.717, 1.165) is 6.08 Å². The molecule has 0 atom stereocenters. The van der Waals surface area contributed by atoms with Crippen LogP contribution in [0.4, 0.5) is 0 Å². The van der Waals surface area contributed by atoms with Gasteiger partial charge >= 0.3 is 11.9 Å². The summed E-state index contributed by atoms with van der Waals surface area (Å²) in [5, 5.41) is 0. The lowest BCUT2D eigenvalue weighted by molar-refractivity contribution is -0.132. The van der Waals surface area contributed by atoms with E-state index in [-0.39, 0.29) is 5.56 Å². The molecule has 0 aromatic heterocycles. The number of benzene rings is 1. The molecule has 0 fully saturated rings. The van der Waals surface area contributed by atoms with E-state index in [1.54, 1.807) is 0 Å². The average molecular weight is 266 g/mol. The average Bonchev–Trinajstić information content (AvgIpc) is 2.44. The van der Waals surface area contributed by atoms with E-state index < -0.39 is 11.9 Å². The summed E-state index contributed by atoms with van der Waals surface area (Å²) < 4.78 is 19.8. The van der Waals surface area contributed by atoms with E-state index >= 15 is 0 Å². The third-order valence-electron chi connectivity index (χ3n) is 2.26. The Balaban J connectivity index is 3.19. The van der Waals surface area contributed by atoms with Crippen LogP contribution in [-0.4, -0.2) is 33.3 Å². The molecule has 1 aromatic carbocycles. The standard InChI is InChI=1S/C13H14O6/c1-5-11(14)19-13(15)8-6-9(16-2)12(18-4)10(7-8)17-3/h5-7H,1H2,2-4H3. The highest BCUT2D eigenvalue weighted by atomic mass is 16.6. The van der Waals surface area contributed by atoms with Gasteiger partial charge in [-0.1, -0.05) is 6.58 Å². The van der Waals surface area contributed by atoms with Crippen molar-refractivity contribution in [3.8, 4) is 17.2 Å². The highest BCUT2D eigenvalue weighted by Gasteiger charge is 2.19. The lowest BCUT2D eigenvalue weighted by Crippen LogP contribution is -2.10. The number of ether oxygens (including phenoxy) is 4. The first-order valence-electron chi connectivity index (χ1n) is 5.26. The number of methoxy groups -OCH3 is 3. The lowest BCUT2D eigenvalue weighted by atomic mass is 10.2. The van der Waals surface area contributed by atoms with Crippen molar-refractivity contribution in [2.75, 3.05) is 21.3 Å². The largest absolute Gasteiger partial charge is 0.493 e. The summed E-state index contributed by atoms with van der Waals surface area (Å²) in [5.41, 5.74) is 0.102. The number of carbonyl (C=O) groups is 2. The second kappa shape index (κ2) is 6.44. The molecule has 1 rings (SSSR count). The van der Waals surface area contributed by atoms with E-state index in [1.165, 1.54) is 33.5 Å². The summed E-state index contributed by atoms with van der Waals surface area (Å²) in [4.78, 5) is 22.7. The molecule has 102 valence electrons. The molecule has 6 nitrogen and oxygen atoms in total. The van der Waals surface area contributed by atoms with Crippen molar-refractivity contribution in [1.29, 1.82) is 0 Å². The van der Waals surface area contributed by atoms with Crippen molar-refractivity contribution in [3.05, 3.63) is 30.4 Å². The molecule has 0 saturated heterocycles. The maximum Gasteiger partial charge on any atom is 0.346 e. The normalized spacial score (nSPS) is 9.42. The van der Waals surface area contributed by atoms with Crippen molar-refractivity contribution >= 4 is 11.9 Å². The molecule has 0 heterocycles. The molecule has 0 aliphatic carbocycles. The zero-order valence-corrected chi connectivity index (χ0v) is 10.9. The van der Waals surface area contributed by atoms with E-state index in [9.17, 15) is 9.59 Å². The second-order valence-corrected chi connectivity index (χ2v) is 3.33. The van der Waals surface area contributed by atoms with Gasteiger partial charge in [0, 0.05) is 6.08 Å². The Labute approximate surface area is 110 Å². The van der Waals surface area contributed by atoms with Crippen LogP contribution in [0.1, 0.15) is 10.4 Å². The first kappa shape index (κ1) is 14.6. The van der Waals surface area contributed by atoms with Gasteiger partial charge in [-0.2, -0.15) is 0 Å². The summed E-state index contributed by atoms with van der Waals surface area (Å²) >= 11 is 0. The number of esters is 2. The Bertz CT molecular complexity index is 481. The number of carbonyl (C=O) groups excluding carboxylic acids is 2. The molecule has 0 bridgehead atoms. The molecular formula is C13H14O6. The van der Waals surface area contributed by atoms with Gasteiger partial charge in [-0.25, -0.2) is 9.59 Å². The molecule has 0 aliphatic rings. The van der Waals surface area contributed by atoms with E-state index in [1.807, 2.05) is 0 Å². The molecule has 0 unspecified atom stereocenters. The van der Waals surface area contributed by atoms with Crippen LogP contribution < -0.4 is 14.2 Å². The van der Waals surface area contributed by atoms with Crippen LogP contribution >= 0.6 is 0 Å². The number of rotatable bonds is 5. The van der Waals surface area contributed by atoms with E-state index in [0.29, 0.717) is 17.2 Å². The van der Waals surface area contributed by atoms with Crippen molar-refractivity contribution in [2.45, 2.75) is 0 Å². The topological polar surface area (TPSA) is 71.1 Å². The van der Waals surface area contributed by atoms with Crippen LogP contribution in [-0.2, 0) is 9.53 Å². The molecule has 1 aromatic rings. The summed E-state index contributed by atoms with van der Waals surface area (Å²) in [6.07, 6.45) is 0.899. The van der Waals surface area contributed by atoms with Crippen LogP contribution in [0.5, 0.6) is 17.2 Å². The summed E-state index contributed by atoms with van der Waals surface area (Å²) in [5.74, 6) is -0.737.